The summed E-state index contributed by atoms with van der Waals surface area (Å²) < 4.78 is 14.8. The van der Waals surface area contributed by atoms with Crippen LogP contribution in [0.3, 0.4) is 0 Å². The fraction of sp³-hybridized carbons (Fsp3) is 0.435. The standard InChI is InChI=1S/C23H29BrN2O6/c1-16(20(28)32-22(2,3)4)31-21(29)26(5)14-19(17-11-12-25-13-17)23(24,30-15-27)18-9-7-6-8-10-18/h6-13,15-16,19,25H,14H2,1-5H3. The number of aromatic amines is 1. The summed E-state index contributed by atoms with van der Waals surface area (Å²) in [6, 6.07) is 11.0. The molecule has 3 unspecified atom stereocenters. The van der Waals surface area contributed by atoms with Gasteiger partial charge in [-0.1, -0.05) is 30.3 Å². The van der Waals surface area contributed by atoms with Crippen LogP contribution < -0.4 is 0 Å². The predicted molar refractivity (Wildman–Crippen MR) is 122 cm³/mol. The van der Waals surface area contributed by atoms with Crippen molar-refractivity contribution in [3.8, 4) is 0 Å². The minimum atomic E-state index is -1.25. The van der Waals surface area contributed by atoms with Gasteiger partial charge in [0, 0.05) is 31.5 Å². The number of hydrogen-bond acceptors (Lipinski definition) is 6. The van der Waals surface area contributed by atoms with Crippen LogP contribution >= 0.6 is 15.9 Å². The van der Waals surface area contributed by atoms with Gasteiger partial charge in [-0.2, -0.15) is 0 Å². The van der Waals surface area contributed by atoms with Gasteiger partial charge < -0.3 is 24.1 Å². The quantitative estimate of drug-likeness (QED) is 0.234. The second kappa shape index (κ2) is 10.7. The fourth-order valence-electron chi connectivity index (χ4n) is 3.10. The number of H-pyrrole nitrogens is 1. The van der Waals surface area contributed by atoms with Crippen molar-refractivity contribution >= 4 is 34.5 Å². The molecule has 0 spiro atoms. The second-order valence-electron chi connectivity index (χ2n) is 8.36. The number of amides is 1. The number of alkyl halides is 1. The molecule has 1 amide bonds. The summed E-state index contributed by atoms with van der Waals surface area (Å²) in [5.74, 6) is -1.14. The number of nitrogens with zero attached hydrogens (tertiary/aromatic N) is 1. The first-order chi connectivity index (χ1) is 15.0. The Morgan fingerprint density at radius 1 is 1.19 bits per heavy atom. The molecule has 2 aromatic rings. The Kier molecular flexibility index (Phi) is 8.49. The Hall–Kier alpha value is -2.81. The van der Waals surface area contributed by atoms with Gasteiger partial charge in [0.1, 0.15) is 5.60 Å². The lowest BCUT2D eigenvalue weighted by Crippen LogP contribution is -2.42. The predicted octanol–water partition coefficient (Wildman–Crippen LogP) is 4.32. The molecule has 8 nitrogen and oxygen atoms in total. The Morgan fingerprint density at radius 3 is 2.38 bits per heavy atom. The van der Waals surface area contributed by atoms with E-state index in [-0.39, 0.29) is 6.54 Å². The van der Waals surface area contributed by atoms with E-state index in [0.717, 1.165) is 5.56 Å². The summed E-state index contributed by atoms with van der Waals surface area (Å²) in [6.07, 6.45) is 1.71. The Morgan fingerprint density at radius 2 is 1.84 bits per heavy atom. The maximum atomic E-state index is 12.7. The zero-order chi connectivity index (χ0) is 23.9. The third-order valence-corrected chi connectivity index (χ3v) is 5.84. The zero-order valence-corrected chi connectivity index (χ0v) is 20.4. The number of nitrogens with one attached hydrogen (secondary N) is 1. The molecule has 3 atom stereocenters. The smallest absolute Gasteiger partial charge is 0.410 e. The van der Waals surface area contributed by atoms with E-state index in [0.29, 0.717) is 12.0 Å². The largest absolute Gasteiger partial charge is 0.457 e. The van der Waals surface area contributed by atoms with Crippen molar-refractivity contribution in [2.45, 2.75) is 49.8 Å². The highest BCUT2D eigenvalue weighted by atomic mass is 79.9. The zero-order valence-electron chi connectivity index (χ0n) is 18.8. The van der Waals surface area contributed by atoms with E-state index in [1.807, 2.05) is 36.4 Å². The van der Waals surface area contributed by atoms with E-state index < -0.39 is 34.2 Å². The van der Waals surface area contributed by atoms with Crippen LogP contribution in [0.15, 0.2) is 48.8 Å². The molecule has 1 heterocycles. The number of esters is 1. The van der Waals surface area contributed by atoms with Crippen LogP contribution in [0.2, 0.25) is 0 Å². The van der Waals surface area contributed by atoms with Gasteiger partial charge in [-0.15, -0.1) is 0 Å². The van der Waals surface area contributed by atoms with Gasteiger partial charge in [0.05, 0.1) is 5.92 Å². The molecule has 2 rings (SSSR count). The monoisotopic (exact) mass is 508 g/mol. The maximum Gasteiger partial charge on any atom is 0.410 e. The van der Waals surface area contributed by atoms with Gasteiger partial charge in [0.2, 0.25) is 0 Å². The molecular formula is C23H29BrN2O6. The number of likely N-dealkylation sites (N-methyl/N-ethyl adjacent to an activating group) is 1. The van der Waals surface area contributed by atoms with Crippen molar-refractivity contribution in [2.24, 2.45) is 0 Å². The minimum absolute atomic E-state index is 0.117. The lowest BCUT2D eigenvalue weighted by molar-refractivity contribution is -0.164. The average molecular weight is 509 g/mol. The Balaban J connectivity index is 2.24. The molecule has 174 valence electrons. The number of rotatable bonds is 9. The second-order valence-corrected chi connectivity index (χ2v) is 9.54. The molecule has 0 saturated carbocycles. The van der Waals surface area contributed by atoms with Crippen molar-refractivity contribution in [1.82, 2.24) is 9.88 Å². The highest BCUT2D eigenvalue weighted by Crippen LogP contribution is 2.45. The maximum absolute atomic E-state index is 12.7. The summed E-state index contributed by atoms with van der Waals surface area (Å²) in [6.45, 7) is 7.14. The topological polar surface area (TPSA) is 97.9 Å². The highest BCUT2D eigenvalue weighted by Gasteiger charge is 2.43. The molecule has 0 aliphatic heterocycles. The molecule has 0 aliphatic rings. The third kappa shape index (κ3) is 6.59. The van der Waals surface area contributed by atoms with Crippen LogP contribution in [-0.4, -0.2) is 53.7 Å². The lowest BCUT2D eigenvalue weighted by Gasteiger charge is -2.36. The van der Waals surface area contributed by atoms with Crippen LogP contribution in [0.5, 0.6) is 0 Å². The highest BCUT2D eigenvalue weighted by molar-refractivity contribution is 9.09. The molecular weight excluding hydrogens is 480 g/mol. The summed E-state index contributed by atoms with van der Waals surface area (Å²) in [7, 11) is 1.54. The van der Waals surface area contributed by atoms with Crippen molar-refractivity contribution in [2.75, 3.05) is 13.6 Å². The summed E-state index contributed by atoms with van der Waals surface area (Å²) in [4.78, 5) is 40.6. The molecule has 1 aromatic carbocycles. The number of aromatic nitrogens is 1. The van der Waals surface area contributed by atoms with Crippen LogP contribution in [-0.2, 0) is 28.3 Å². The fourth-order valence-corrected chi connectivity index (χ4v) is 3.85. The van der Waals surface area contributed by atoms with E-state index in [4.69, 9.17) is 14.2 Å². The molecule has 1 aromatic heterocycles. The van der Waals surface area contributed by atoms with Crippen molar-refractivity contribution in [3.05, 3.63) is 59.9 Å². The molecule has 0 bridgehead atoms. The summed E-state index contributed by atoms with van der Waals surface area (Å²) >= 11 is 3.61. The Labute approximate surface area is 196 Å². The van der Waals surface area contributed by atoms with Crippen LogP contribution in [0.25, 0.3) is 0 Å². The van der Waals surface area contributed by atoms with Crippen LogP contribution in [0, 0.1) is 0 Å². The molecule has 32 heavy (non-hydrogen) atoms. The first kappa shape index (κ1) is 25.5. The summed E-state index contributed by atoms with van der Waals surface area (Å²) in [5.41, 5.74) is 0.801. The molecule has 0 aliphatic carbocycles. The van der Waals surface area contributed by atoms with E-state index in [2.05, 4.69) is 20.9 Å². The van der Waals surface area contributed by atoms with Gasteiger partial charge in [-0.05, 0) is 55.3 Å². The SMILES string of the molecule is CC(OC(=O)N(C)CC(c1cc[nH]c1)C(Br)(OC=O)c1ccccc1)C(=O)OC(C)(C)C. The third-order valence-electron chi connectivity index (χ3n) is 4.64. The van der Waals surface area contributed by atoms with Crippen molar-refractivity contribution < 1.29 is 28.6 Å². The normalized spacial score (nSPS) is 15.1. The molecule has 0 fully saturated rings. The van der Waals surface area contributed by atoms with Crippen molar-refractivity contribution in [1.29, 1.82) is 0 Å². The molecule has 1 N–H and O–H groups in total. The first-order valence-electron chi connectivity index (χ1n) is 10.1. The van der Waals surface area contributed by atoms with E-state index in [1.54, 1.807) is 40.2 Å². The van der Waals surface area contributed by atoms with Crippen LogP contribution in [0.1, 0.15) is 44.7 Å². The number of benzene rings is 1. The molecule has 0 radical (unpaired) electrons. The van der Waals surface area contributed by atoms with E-state index in [1.165, 1.54) is 11.8 Å². The van der Waals surface area contributed by atoms with Gasteiger partial charge >= 0.3 is 12.1 Å². The van der Waals surface area contributed by atoms with Crippen LogP contribution in [0.4, 0.5) is 4.79 Å². The molecule has 9 heteroatoms. The number of hydrogen-bond donors (Lipinski definition) is 1. The average Bonchev–Trinajstić information content (AvgIpc) is 3.25. The number of carbonyl (C=O) groups is 3. The number of carbonyl (C=O) groups excluding carboxylic acids is 3. The van der Waals surface area contributed by atoms with E-state index >= 15 is 0 Å². The van der Waals surface area contributed by atoms with Crippen molar-refractivity contribution in [3.63, 3.8) is 0 Å². The number of ether oxygens (including phenoxy) is 3. The number of halogens is 1. The lowest BCUT2D eigenvalue weighted by atomic mass is 9.90. The van der Waals surface area contributed by atoms with Gasteiger partial charge in [0.25, 0.3) is 6.47 Å². The molecule has 0 saturated heterocycles. The summed E-state index contributed by atoms with van der Waals surface area (Å²) in [5, 5.41) is 0. The minimum Gasteiger partial charge on any atom is -0.457 e. The van der Waals surface area contributed by atoms with Gasteiger partial charge in [-0.25, -0.2) is 9.59 Å². The van der Waals surface area contributed by atoms with E-state index in [9.17, 15) is 14.4 Å². The van der Waals surface area contributed by atoms with Gasteiger partial charge in [0.15, 0.2) is 10.6 Å². The van der Waals surface area contributed by atoms with Gasteiger partial charge in [-0.3, -0.25) is 4.79 Å². The Bertz CT molecular complexity index is 897. The first-order valence-corrected chi connectivity index (χ1v) is 10.9.